The summed E-state index contributed by atoms with van der Waals surface area (Å²) in [6.45, 7) is 5.30. The van der Waals surface area contributed by atoms with Gasteiger partial charge in [0.25, 0.3) is 0 Å². The fourth-order valence-corrected chi connectivity index (χ4v) is 7.32. The maximum absolute atomic E-state index is 9.92. The van der Waals surface area contributed by atoms with Crippen molar-refractivity contribution < 1.29 is 9.84 Å². The first-order valence-electron chi connectivity index (χ1n) is 14.7. The predicted octanol–water partition coefficient (Wildman–Crippen LogP) is 6.87. The fourth-order valence-electron chi connectivity index (χ4n) is 7.32. The van der Waals surface area contributed by atoms with E-state index in [1.165, 1.54) is 65.7 Å². The standard InChI is InChI=1S/C34H42N2O2/c1-3-35(23-25-6-4-24(5-7-25)18-19-36-29-11-12-30(36)14-13-29)34-22-32(38-2)16-17-33(34)28-9-8-27-21-31(37)15-10-26(27)20-28/h4-7,10,15-17,21-22,28-30,37H,3,8-9,11-14,18-20,23H2,1-2H3/t28-,29?,30?/m1/s1. The number of hydrogen-bond acceptors (Lipinski definition) is 4. The van der Waals surface area contributed by atoms with E-state index in [0.717, 1.165) is 56.6 Å². The van der Waals surface area contributed by atoms with Gasteiger partial charge in [0, 0.05) is 43.5 Å². The molecule has 3 aromatic rings. The molecule has 38 heavy (non-hydrogen) atoms. The van der Waals surface area contributed by atoms with Crippen LogP contribution in [0.4, 0.5) is 5.69 Å². The second kappa shape index (κ2) is 11.0. The highest BCUT2D eigenvalue weighted by atomic mass is 16.5. The van der Waals surface area contributed by atoms with Crippen molar-refractivity contribution in [3.05, 3.63) is 88.5 Å². The van der Waals surface area contributed by atoms with Crippen molar-refractivity contribution in [3.63, 3.8) is 0 Å². The van der Waals surface area contributed by atoms with Crippen LogP contribution in [-0.4, -0.2) is 42.3 Å². The van der Waals surface area contributed by atoms with E-state index in [-0.39, 0.29) is 0 Å². The highest BCUT2D eigenvalue weighted by Crippen LogP contribution is 2.40. The van der Waals surface area contributed by atoms with Crippen molar-refractivity contribution in [1.29, 1.82) is 0 Å². The molecule has 0 amide bonds. The molecule has 0 spiro atoms. The summed E-state index contributed by atoms with van der Waals surface area (Å²) in [5, 5.41) is 9.92. The van der Waals surface area contributed by atoms with Crippen LogP contribution in [0.1, 0.15) is 72.8 Å². The fraction of sp³-hybridized carbons (Fsp3) is 0.471. The highest BCUT2D eigenvalue weighted by Gasteiger charge is 2.38. The summed E-state index contributed by atoms with van der Waals surface area (Å²) in [4.78, 5) is 5.28. The zero-order valence-corrected chi connectivity index (χ0v) is 23.0. The Labute approximate surface area is 228 Å². The number of aromatic hydroxyl groups is 1. The molecule has 3 aliphatic rings. The maximum atomic E-state index is 9.92. The number of rotatable bonds is 9. The van der Waals surface area contributed by atoms with Gasteiger partial charge in [-0.3, -0.25) is 4.90 Å². The minimum Gasteiger partial charge on any atom is -0.508 e. The number of phenols is 1. The molecule has 2 heterocycles. The largest absolute Gasteiger partial charge is 0.508 e. The Morgan fingerprint density at radius 2 is 1.61 bits per heavy atom. The average molecular weight is 511 g/mol. The van der Waals surface area contributed by atoms with E-state index < -0.39 is 0 Å². The van der Waals surface area contributed by atoms with Gasteiger partial charge in [-0.1, -0.05) is 36.4 Å². The van der Waals surface area contributed by atoms with Crippen LogP contribution in [0.3, 0.4) is 0 Å². The van der Waals surface area contributed by atoms with Gasteiger partial charge in [-0.25, -0.2) is 0 Å². The molecule has 4 heteroatoms. The van der Waals surface area contributed by atoms with Crippen LogP contribution in [0.5, 0.6) is 11.5 Å². The Morgan fingerprint density at radius 3 is 2.32 bits per heavy atom. The minimum atomic E-state index is 0.374. The molecule has 0 aromatic heterocycles. The molecule has 2 fully saturated rings. The summed E-state index contributed by atoms with van der Waals surface area (Å²) in [5.74, 6) is 1.75. The molecule has 1 aliphatic carbocycles. The normalized spacial score (nSPS) is 22.4. The number of methoxy groups -OCH3 is 1. The van der Waals surface area contributed by atoms with Crippen molar-refractivity contribution in [1.82, 2.24) is 4.90 Å². The third kappa shape index (κ3) is 5.16. The van der Waals surface area contributed by atoms with Gasteiger partial charge in [0.2, 0.25) is 0 Å². The van der Waals surface area contributed by atoms with Crippen LogP contribution >= 0.6 is 0 Å². The molecule has 200 valence electrons. The SMILES string of the molecule is CCN(Cc1ccc(CCN2C3CCC2CC3)cc1)c1cc(OC)ccc1[C@@H]1CCc2cc(O)ccc2C1. The van der Waals surface area contributed by atoms with Crippen molar-refractivity contribution in [2.45, 2.75) is 82.8 Å². The van der Waals surface area contributed by atoms with E-state index in [2.05, 4.69) is 65.3 Å². The van der Waals surface area contributed by atoms with E-state index in [9.17, 15) is 5.11 Å². The summed E-state index contributed by atoms with van der Waals surface area (Å²) in [6.07, 6.45) is 9.94. The summed E-state index contributed by atoms with van der Waals surface area (Å²) >= 11 is 0. The first-order chi connectivity index (χ1) is 18.6. The number of ether oxygens (including phenoxy) is 1. The first-order valence-corrected chi connectivity index (χ1v) is 14.7. The summed E-state index contributed by atoms with van der Waals surface area (Å²) in [5.41, 5.74) is 8.16. The van der Waals surface area contributed by atoms with Gasteiger partial charge in [0.1, 0.15) is 11.5 Å². The summed E-state index contributed by atoms with van der Waals surface area (Å²) in [6, 6.07) is 23.6. The Kier molecular flexibility index (Phi) is 7.34. The minimum absolute atomic E-state index is 0.374. The molecule has 2 saturated heterocycles. The van der Waals surface area contributed by atoms with E-state index in [1.54, 1.807) is 7.11 Å². The monoisotopic (exact) mass is 510 g/mol. The van der Waals surface area contributed by atoms with Crippen LogP contribution in [0.25, 0.3) is 0 Å². The number of benzene rings is 3. The van der Waals surface area contributed by atoms with Gasteiger partial charge in [-0.15, -0.1) is 0 Å². The van der Waals surface area contributed by atoms with Gasteiger partial charge in [-0.2, -0.15) is 0 Å². The first kappa shape index (κ1) is 25.3. The molecule has 2 aliphatic heterocycles. The third-order valence-electron chi connectivity index (χ3n) is 9.48. The van der Waals surface area contributed by atoms with Gasteiger partial charge >= 0.3 is 0 Å². The molecule has 2 bridgehead atoms. The number of fused-ring (bicyclic) bond motifs is 3. The molecule has 4 nitrogen and oxygen atoms in total. The molecular formula is C34H42N2O2. The Morgan fingerprint density at radius 1 is 0.868 bits per heavy atom. The Hall–Kier alpha value is -2.98. The smallest absolute Gasteiger partial charge is 0.120 e. The number of anilines is 1. The molecule has 1 N–H and O–H groups in total. The lowest BCUT2D eigenvalue weighted by atomic mass is 9.79. The summed E-state index contributed by atoms with van der Waals surface area (Å²) < 4.78 is 5.66. The Bertz CT molecular complexity index is 1230. The number of nitrogens with zero attached hydrogens (tertiary/aromatic N) is 2. The number of aryl methyl sites for hydroxylation is 1. The van der Waals surface area contributed by atoms with Crippen LogP contribution in [0, 0.1) is 0 Å². The van der Waals surface area contributed by atoms with Crippen molar-refractivity contribution in [2.24, 2.45) is 0 Å². The molecule has 0 unspecified atom stereocenters. The van der Waals surface area contributed by atoms with Crippen LogP contribution in [0.2, 0.25) is 0 Å². The maximum Gasteiger partial charge on any atom is 0.120 e. The van der Waals surface area contributed by atoms with Crippen LogP contribution in [-0.2, 0) is 25.8 Å². The van der Waals surface area contributed by atoms with Crippen molar-refractivity contribution in [3.8, 4) is 11.5 Å². The quantitative estimate of drug-likeness (QED) is 0.341. The third-order valence-corrected chi connectivity index (χ3v) is 9.48. The summed E-state index contributed by atoms with van der Waals surface area (Å²) in [7, 11) is 1.75. The lowest BCUT2D eigenvalue weighted by Crippen LogP contribution is -2.30. The van der Waals surface area contributed by atoms with Gasteiger partial charge < -0.3 is 14.7 Å². The molecule has 6 rings (SSSR count). The predicted molar refractivity (Wildman–Crippen MR) is 155 cm³/mol. The van der Waals surface area contributed by atoms with Gasteiger partial charge in [0.05, 0.1) is 7.11 Å². The highest BCUT2D eigenvalue weighted by molar-refractivity contribution is 5.60. The van der Waals surface area contributed by atoms with Crippen LogP contribution in [0.15, 0.2) is 60.7 Å². The molecule has 0 saturated carbocycles. The number of phenolic OH excluding ortho intramolecular Hbond substituents is 1. The Balaban J connectivity index is 1.17. The topological polar surface area (TPSA) is 35.9 Å². The lowest BCUT2D eigenvalue weighted by molar-refractivity contribution is 0.256. The molecule has 0 radical (unpaired) electrons. The zero-order chi connectivity index (χ0) is 26.1. The van der Waals surface area contributed by atoms with E-state index in [1.807, 2.05) is 12.1 Å². The molecule has 3 aromatic carbocycles. The lowest BCUT2D eigenvalue weighted by Gasteiger charge is -2.32. The second-order valence-corrected chi connectivity index (χ2v) is 11.6. The molecule has 1 atom stereocenters. The average Bonchev–Trinajstić information content (AvgIpc) is 3.54. The molecular weight excluding hydrogens is 468 g/mol. The van der Waals surface area contributed by atoms with Crippen LogP contribution < -0.4 is 9.64 Å². The number of hydrogen-bond donors (Lipinski definition) is 1. The van der Waals surface area contributed by atoms with Gasteiger partial charge in [-0.05, 0) is 110 Å². The van der Waals surface area contributed by atoms with Gasteiger partial charge in [0.15, 0.2) is 0 Å². The van der Waals surface area contributed by atoms with E-state index >= 15 is 0 Å². The zero-order valence-electron chi connectivity index (χ0n) is 23.0. The van der Waals surface area contributed by atoms with E-state index in [4.69, 9.17) is 4.74 Å². The second-order valence-electron chi connectivity index (χ2n) is 11.6. The van der Waals surface area contributed by atoms with Crippen molar-refractivity contribution in [2.75, 3.05) is 25.1 Å². The van der Waals surface area contributed by atoms with Crippen molar-refractivity contribution >= 4 is 5.69 Å². The van der Waals surface area contributed by atoms with E-state index in [0.29, 0.717) is 11.7 Å².